The van der Waals surface area contributed by atoms with Crippen molar-refractivity contribution < 1.29 is 19.0 Å². The van der Waals surface area contributed by atoms with E-state index in [1.165, 1.54) is 42.6 Å². The quantitative estimate of drug-likeness (QED) is 0.472. The van der Waals surface area contributed by atoms with Gasteiger partial charge in [-0.25, -0.2) is 13.8 Å². The lowest BCUT2D eigenvalue weighted by Gasteiger charge is -2.28. The van der Waals surface area contributed by atoms with Crippen molar-refractivity contribution in [2.45, 2.75) is 31.9 Å². The maximum absolute atomic E-state index is 14.9. The maximum atomic E-state index is 14.9. The molecule has 0 spiro atoms. The van der Waals surface area contributed by atoms with E-state index in [0.717, 1.165) is 11.1 Å². The summed E-state index contributed by atoms with van der Waals surface area (Å²) in [7, 11) is 0. The molecular weight excluding hydrogens is 400 g/mol. The summed E-state index contributed by atoms with van der Waals surface area (Å²) in [4.78, 5) is 8.79. The molecule has 0 aliphatic carbocycles. The summed E-state index contributed by atoms with van der Waals surface area (Å²) in [5.74, 6) is -0.953. The number of aliphatic hydroxyl groups excluding tert-OH is 1. The number of hydrogen-bond acceptors (Lipinski definition) is 4. The molecule has 0 bridgehead atoms. The van der Waals surface area contributed by atoms with Gasteiger partial charge in [0.1, 0.15) is 17.3 Å². The van der Waals surface area contributed by atoms with Gasteiger partial charge in [-0.2, -0.15) is 0 Å². The Labute approximate surface area is 178 Å². The fourth-order valence-corrected chi connectivity index (χ4v) is 3.92. The average Bonchev–Trinajstić information content (AvgIpc) is 3.16. The Hall–Kier alpha value is -3.16. The first kappa shape index (κ1) is 21.1. The largest absolute Gasteiger partial charge is 0.396 e. The molecule has 0 saturated carbocycles. The minimum atomic E-state index is -2.03. The third-order valence-corrected chi connectivity index (χ3v) is 5.44. The van der Waals surface area contributed by atoms with Gasteiger partial charge in [-0.3, -0.25) is 4.98 Å². The van der Waals surface area contributed by atoms with Crippen LogP contribution in [0, 0.1) is 11.6 Å². The number of imidazole rings is 1. The van der Waals surface area contributed by atoms with Gasteiger partial charge < -0.3 is 14.8 Å². The van der Waals surface area contributed by atoms with Crippen LogP contribution >= 0.6 is 0 Å². The highest BCUT2D eigenvalue weighted by Crippen LogP contribution is 2.38. The summed E-state index contributed by atoms with van der Waals surface area (Å²) < 4.78 is 30.3. The minimum Gasteiger partial charge on any atom is -0.396 e. The van der Waals surface area contributed by atoms with Crippen molar-refractivity contribution in [2.24, 2.45) is 0 Å². The molecule has 0 radical (unpaired) electrons. The Morgan fingerprint density at radius 1 is 1.06 bits per heavy atom. The van der Waals surface area contributed by atoms with Crippen molar-refractivity contribution >= 4 is 11.0 Å². The third kappa shape index (κ3) is 3.71. The smallest absolute Gasteiger partial charge is 0.193 e. The van der Waals surface area contributed by atoms with Crippen LogP contribution in [0.2, 0.25) is 0 Å². The van der Waals surface area contributed by atoms with Crippen molar-refractivity contribution in [3.8, 4) is 0 Å². The van der Waals surface area contributed by atoms with Gasteiger partial charge in [-0.15, -0.1) is 0 Å². The van der Waals surface area contributed by atoms with Crippen LogP contribution in [0.5, 0.6) is 0 Å². The first-order chi connectivity index (χ1) is 15.0. The van der Waals surface area contributed by atoms with E-state index in [-0.39, 0.29) is 23.7 Å². The third-order valence-electron chi connectivity index (χ3n) is 5.44. The molecule has 2 aromatic heterocycles. The Bertz CT molecular complexity index is 1210. The van der Waals surface area contributed by atoms with Crippen molar-refractivity contribution in [1.82, 2.24) is 14.5 Å². The van der Waals surface area contributed by atoms with Gasteiger partial charge in [0, 0.05) is 19.3 Å². The van der Waals surface area contributed by atoms with Gasteiger partial charge in [0.15, 0.2) is 11.4 Å². The minimum absolute atomic E-state index is 0.0968. The molecule has 0 aliphatic rings. The molecule has 7 heteroatoms. The summed E-state index contributed by atoms with van der Waals surface area (Å²) in [6.45, 7) is 2.47. The molecule has 2 aromatic carbocycles. The zero-order valence-electron chi connectivity index (χ0n) is 17.1. The molecule has 2 heterocycles. The highest BCUT2D eigenvalue weighted by atomic mass is 19.1. The van der Waals surface area contributed by atoms with Crippen molar-refractivity contribution in [1.29, 1.82) is 0 Å². The number of pyridine rings is 1. The molecule has 160 valence electrons. The molecule has 0 saturated heterocycles. The van der Waals surface area contributed by atoms with Gasteiger partial charge in [0.25, 0.3) is 0 Å². The molecule has 4 rings (SSSR count). The van der Waals surface area contributed by atoms with Crippen LogP contribution in [0.4, 0.5) is 8.78 Å². The van der Waals surface area contributed by atoms with Gasteiger partial charge >= 0.3 is 0 Å². The molecular formula is C24H23F2N3O2. The van der Waals surface area contributed by atoms with Gasteiger partial charge in [-0.1, -0.05) is 18.2 Å². The Balaban J connectivity index is 1.99. The number of benzene rings is 2. The average molecular weight is 423 g/mol. The van der Waals surface area contributed by atoms with Crippen LogP contribution < -0.4 is 0 Å². The van der Waals surface area contributed by atoms with E-state index in [9.17, 15) is 13.9 Å². The second kappa shape index (κ2) is 8.53. The molecule has 1 atom stereocenters. The van der Waals surface area contributed by atoms with E-state index in [1.807, 2.05) is 29.7 Å². The zero-order valence-corrected chi connectivity index (χ0v) is 17.1. The summed E-state index contributed by atoms with van der Waals surface area (Å²) in [5.41, 5.74) is 0.478. The first-order valence-corrected chi connectivity index (χ1v) is 10.2. The highest BCUT2D eigenvalue weighted by molar-refractivity contribution is 5.77. The van der Waals surface area contributed by atoms with E-state index >= 15 is 0 Å². The molecule has 4 aromatic rings. The zero-order chi connectivity index (χ0) is 22.0. The van der Waals surface area contributed by atoms with Gasteiger partial charge in [-0.05, 0) is 67.3 Å². The van der Waals surface area contributed by atoms with Crippen LogP contribution in [0.15, 0.2) is 60.8 Å². The number of rotatable bonds is 7. The Kier molecular flexibility index (Phi) is 5.80. The number of hydrogen-bond donors (Lipinski definition) is 2. The Morgan fingerprint density at radius 2 is 1.84 bits per heavy atom. The van der Waals surface area contributed by atoms with Crippen LogP contribution in [0.25, 0.3) is 11.0 Å². The lowest BCUT2D eigenvalue weighted by molar-refractivity contribution is 0.102. The number of halogens is 2. The second-order valence-corrected chi connectivity index (χ2v) is 7.38. The predicted molar refractivity (Wildman–Crippen MR) is 114 cm³/mol. The summed E-state index contributed by atoms with van der Waals surface area (Å²) in [6, 6.07) is 13.7. The fourth-order valence-electron chi connectivity index (χ4n) is 3.92. The number of aliphatic hydroxyl groups is 2. The summed E-state index contributed by atoms with van der Waals surface area (Å²) in [5, 5.41) is 21.1. The molecule has 0 fully saturated rings. The number of nitrogens with zero attached hydrogens (tertiary/aromatic N) is 3. The van der Waals surface area contributed by atoms with E-state index in [1.54, 1.807) is 0 Å². The van der Waals surface area contributed by atoms with E-state index in [4.69, 9.17) is 5.11 Å². The lowest BCUT2D eigenvalue weighted by atomic mass is 9.88. The van der Waals surface area contributed by atoms with Crippen molar-refractivity contribution in [2.75, 3.05) is 6.61 Å². The van der Waals surface area contributed by atoms with E-state index in [0.29, 0.717) is 24.9 Å². The van der Waals surface area contributed by atoms with Crippen LogP contribution in [-0.2, 0) is 18.6 Å². The number of fused-ring (bicyclic) bond motifs is 1. The van der Waals surface area contributed by atoms with Crippen molar-refractivity contribution in [3.63, 3.8) is 0 Å². The number of aryl methyl sites for hydroxylation is 2. The fraction of sp³-hybridized carbons (Fsp3) is 0.250. The molecule has 5 nitrogen and oxygen atoms in total. The SMILES string of the molecule is CCn1c(C(O)(c2ccc(F)cc2)c2ncccc2F)nc2ccc(CCCO)cc21. The standard InChI is InChI=1S/C24H23F2N3O2/c1-2-29-21-15-16(5-4-14-30)7-12-20(21)28-23(29)24(31,17-8-10-18(25)11-9-17)22-19(26)6-3-13-27-22/h3,6-13,15,30-31H,2,4-5,14H2,1H3. The Morgan fingerprint density at radius 3 is 2.52 bits per heavy atom. The monoisotopic (exact) mass is 423 g/mol. The molecule has 0 aliphatic heterocycles. The molecule has 31 heavy (non-hydrogen) atoms. The highest BCUT2D eigenvalue weighted by Gasteiger charge is 2.42. The van der Waals surface area contributed by atoms with E-state index < -0.39 is 17.2 Å². The topological polar surface area (TPSA) is 71.2 Å². The van der Waals surface area contributed by atoms with Crippen LogP contribution in [-0.4, -0.2) is 31.4 Å². The van der Waals surface area contributed by atoms with Crippen molar-refractivity contribution in [3.05, 3.63) is 95.1 Å². The predicted octanol–water partition coefficient (Wildman–Crippen LogP) is 3.94. The van der Waals surface area contributed by atoms with Crippen LogP contribution in [0.1, 0.15) is 36.0 Å². The first-order valence-electron chi connectivity index (χ1n) is 10.2. The molecule has 1 unspecified atom stereocenters. The molecule has 2 N–H and O–H groups in total. The van der Waals surface area contributed by atoms with E-state index in [2.05, 4.69) is 9.97 Å². The summed E-state index contributed by atoms with van der Waals surface area (Å²) in [6.07, 6.45) is 2.74. The lowest BCUT2D eigenvalue weighted by Crippen LogP contribution is -2.34. The normalized spacial score (nSPS) is 13.5. The summed E-state index contributed by atoms with van der Waals surface area (Å²) >= 11 is 0. The molecule has 0 amide bonds. The second-order valence-electron chi connectivity index (χ2n) is 7.38. The van der Waals surface area contributed by atoms with Gasteiger partial charge in [0.05, 0.1) is 11.0 Å². The number of aromatic nitrogens is 3. The van der Waals surface area contributed by atoms with Crippen LogP contribution in [0.3, 0.4) is 0 Å². The van der Waals surface area contributed by atoms with Gasteiger partial charge in [0.2, 0.25) is 0 Å². The maximum Gasteiger partial charge on any atom is 0.193 e.